The van der Waals surface area contributed by atoms with Crippen LogP contribution in [0.2, 0.25) is 0 Å². The number of carbonyl (C=O) groups is 1. The molecule has 110 valence electrons. The number of carbonyl (C=O) groups excluding carboxylic acids is 1. The first kappa shape index (κ1) is 13.6. The summed E-state index contributed by atoms with van der Waals surface area (Å²) < 4.78 is 39.0. The normalized spacial score (nSPS) is 15.9. The van der Waals surface area contributed by atoms with Crippen LogP contribution in [-0.4, -0.2) is 38.9 Å². The molecule has 3 rings (SSSR count). The van der Waals surface area contributed by atoms with E-state index < -0.39 is 11.7 Å². The van der Waals surface area contributed by atoms with Crippen LogP contribution in [0.3, 0.4) is 0 Å². The van der Waals surface area contributed by atoms with Crippen molar-refractivity contribution in [3.05, 3.63) is 47.8 Å². The van der Waals surface area contributed by atoms with Gasteiger partial charge in [-0.25, -0.2) is 4.68 Å². The zero-order valence-electron chi connectivity index (χ0n) is 10.8. The number of hydrogen-bond acceptors (Lipinski definition) is 3. The maximum absolute atomic E-state index is 12.5. The van der Waals surface area contributed by atoms with Crippen molar-refractivity contribution >= 4 is 5.91 Å². The molecule has 0 saturated carbocycles. The van der Waals surface area contributed by atoms with Gasteiger partial charge in [0.15, 0.2) is 0 Å². The Hall–Kier alpha value is -2.38. The maximum atomic E-state index is 12.5. The molecule has 5 nitrogen and oxygen atoms in total. The Kier molecular flexibility index (Phi) is 3.15. The Morgan fingerprint density at radius 3 is 2.38 bits per heavy atom. The molecule has 1 aliphatic rings. The van der Waals surface area contributed by atoms with E-state index in [0.717, 1.165) is 12.1 Å². The third-order valence-corrected chi connectivity index (χ3v) is 3.42. The Bertz CT molecular complexity index is 630. The van der Waals surface area contributed by atoms with E-state index in [0.29, 0.717) is 13.1 Å². The molecular weight excluding hydrogens is 285 g/mol. The molecule has 2 heterocycles. The number of rotatable bonds is 2. The molecule has 1 aromatic carbocycles. The Labute approximate surface area is 118 Å². The molecule has 0 atom stereocenters. The molecule has 1 saturated heterocycles. The number of halogens is 3. The molecule has 0 unspecified atom stereocenters. The minimum absolute atomic E-state index is 0.0749. The minimum atomic E-state index is -4.39. The van der Waals surface area contributed by atoms with Crippen LogP contribution in [0, 0.1) is 0 Å². The van der Waals surface area contributed by atoms with Crippen molar-refractivity contribution in [3.63, 3.8) is 0 Å². The molecular formula is C13H11F3N4O. The zero-order valence-corrected chi connectivity index (χ0v) is 10.8. The monoisotopic (exact) mass is 296 g/mol. The summed E-state index contributed by atoms with van der Waals surface area (Å²) in [6, 6.07) is 4.32. The summed E-state index contributed by atoms with van der Waals surface area (Å²) in [4.78, 5) is 13.7. The fourth-order valence-electron chi connectivity index (χ4n) is 2.18. The third kappa shape index (κ3) is 2.61. The van der Waals surface area contributed by atoms with E-state index in [9.17, 15) is 18.0 Å². The number of nitrogens with zero attached hydrogens (tertiary/aromatic N) is 4. The van der Waals surface area contributed by atoms with Gasteiger partial charge in [-0.1, -0.05) is 5.21 Å². The van der Waals surface area contributed by atoms with Gasteiger partial charge >= 0.3 is 6.18 Å². The molecule has 21 heavy (non-hydrogen) atoms. The number of hydrogen-bond donors (Lipinski definition) is 0. The number of aromatic nitrogens is 3. The SMILES string of the molecule is O=C(c1ccc(C(F)(F)F)cc1)N1CC(n2ccnn2)C1. The van der Waals surface area contributed by atoms with Gasteiger partial charge in [0.2, 0.25) is 0 Å². The van der Waals surface area contributed by atoms with Crippen LogP contribution in [0.25, 0.3) is 0 Å². The molecule has 0 spiro atoms. The molecule has 1 fully saturated rings. The van der Waals surface area contributed by atoms with Crippen LogP contribution in [0.1, 0.15) is 22.0 Å². The summed E-state index contributed by atoms with van der Waals surface area (Å²) in [5.74, 6) is -0.278. The Morgan fingerprint density at radius 2 is 1.86 bits per heavy atom. The number of benzene rings is 1. The minimum Gasteiger partial charge on any atom is -0.334 e. The van der Waals surface area contributed by atoms with Gasteiger partial charge < -0.3 is 4.90 Å². The molecule has 0 bridgehead atoms. The highest BCUT2D eigenvalue weighted by Gasteiger charge is 2.34. The second-order valence-corrected chi connectivity index (χ2v) is 4.82. The number of amides is 1. The van der Waals surface area contributed by atoms with Gasteiger partial charge in [0.25, 0.3) is 5.91 Å². The van der Waals surface area contributed by atoms with E-state index in [1.807, 2.05) is 0 Å². The highest BCUT2D eigenvalue weighted by Crippen LogP contribution is 2.29. The van der Waals surface area contributed by atoms with E-state index in [1.165, 1.54) is 12.1 Å². The predicted octanol–water partition coefficient (Wildman–Crippen LogP) is 1.99. The van der Waals surface area contributed by atoms with Crippen molar-refractivity contribution in [2.45, 2.75) is 12.2 Å². The lowest BCUT2D eigenvalue weighted by Gasteiger charge is -2.38. The first-order valence-electron chi connectivity index (χ1n) is 6.27. The Morgan fingerprint density at radius 1 is 1.19 bits per heavy atom. The zero-order chi connectivity index (χ0) is 15.0. The van der Waals surface area contributed by atoms with Gasteiger partial charge in [-0.05, 0) is 24.3 Å². The topological polar surface area (TPSA) is 51.0 Å². The molecule has 1 aliphatic heterocycles. The van der Waals surface area contributed by atoms with Crippen molar-refractivity contribution in [1.29, 1.82) is 0 Å². The number of likely N-dealkylation sites (tertiary alicyclic amines) is 1. The summed E-state index contributed by atoms with van der Waals surface area (Å²) in [5, 5.41) is 7.54. The molecule has 8 heteroatoms. The summed E-state index contributed by atoms with van der Waals surface area (Å²) in [6.07, 6.45) is -1.12. The lowest BCUT2D eigenvalue weighted by molar-refractivity contribution is -0.137. The molecule has 1 aromatic heterocycles. The highest BCUT2D eigenvalue weighted by molar-refractivity contribution is 5.94. The third-order valence-electron chi connectivity index (χ3n) is 3.42. The fourth-order valence-corrected chi connectivity index (χ4v) is 2.18. The first-order chi connectivity index (χ1) is 9.95. The van der Waals surface area contributed by atoms with Gasteiger partial charge in [0.1, 0.15) is 0 Å². The molecule has 0 N–H and O–H groups in total. The maximum Gasteiger partial charge on any atom is 0.416 e. The summed E-state index contributed by atoms with van der Waals surface area (Å²) in [5.41, 5.74) is -0.511. The molecule has 0 aliphatic carbocycles. The lowest BCUT2D eigenvalue weighted by atomic mass is 10.1. The Balaban J connectivity index is 1.64. The number of alkyl halides is 3. The van der Waals surface area contributed by atoms with Crippen molar-refractivity contribution in [2.24, 2.45) is 0 Å². The average molecular weight is 296 g/mol. The summed E-state index contributed by atoms with van der Waals surface area (Å²) >= 11 is 0. The first-order valence-corrected chi connectivity index (χ1v) is 6.27. The molecule has 2 aromatic rings. The van der Waals surface area contributed by atoms with Crippen LogP contribution in [0.15, 0.2) is 36.7 Å². The van der Waals surface area contributed by atoms with Crippen LogP contribution in [0.5, 0.6) is 0 Å². The quantitative estimate of drug-likeness (QED) is 0.851. The van der Waals surface area contributed by atoms with Crippen molar-refractivity contribution < 1.29 is 18.0 Å². The van der Waals surface area contributed by atoms with Crippen LogP contribution < -0.4 is 0 Å². The average Bonchev–Trinajstić information content (AvgIpc) is 2.90. The van der Waals surface area contributed by atoms with Crippen LogP contribution >= 0.6 is 0 Å². The summed E-state index contributed by atoms with van der Waals surface area (Å²) in [6.45, 7) is 0.951. The van der Waals surface area contributed by atoms with Gasteiger partial charge in [-0.3, -0.25) is 4.79 Å². The van der Waals surface area contributed by atoms with E-state index in [-0.39, 0.29) is 17.5 Å². The van der Waals surface area contributed by atoms with Gasteiger partial charge in [0, 0.05) is 24.8 Å². The van der Waals surface area contributed by atoms with Gasteiger partial charge in [-0.15, -0.1) is 5.10 Å². The van der Waals surface area contributed by atoms with E-state index in [2.05, 4.69) is 10.3 Å². The second kappa shape index (κ2) is 4.87. The van der Waals surface area contributed by atoms with Crippen molar-refractivity contribution in [1.82, 2.24) is 19.9 Å². The van der Waals surface area contributed by atoms with Gasteiger partial charge in [0.05, 0.1) is 17.8 Å². The predicted molar refractivity (Wildman–Crippen MR) is 66.4 cm³/mol. The van der Waals surface area contributed by atoms with E-state index in [4.69, 9.17) is 0 Å². The molecule has 1 amide bonds. The van der Waals surface area contributed by atoms with Crippen molar-refractivity contribution in [2.75, 3.05) is 13.1 Å². The summed E-state index contributed by atoms with van der Waals surface area (Å²) in [7, 11) is 0. The standard InChI is InChI=1S/C13H11F3N4O/c14-13(15,16)10-3-1-9(2-4-10)12(21)19-7-11(8-19)20-6-5-17-18-20/h1-6,11H,7-8H2. The van der Waals surface area contributed by atoms with Crippen LogP contribution in [0.4, 0.5) is 13.2 Å². The fraction of sp³-hybridized carbons (Fsp3) is 0.308. The lowest BCUT2D eigenvalue weighted by Crippen LogP contribution is -2.50. The van der Waals surface area contributed by atoms with E-state index in [1.54, 1.807) is 22.0 Å². The highest BCUT2D eigenvalue weighted by atomic mass is 19.4. The molecule has 0 radical (unpaired) electrons. The largest absolute Gasteiger partial charge is 0.416 e. The van der Waals surface area contributed by atoms with Crippen molar-refractivity contribution in [3.8, 4) is 0 Å². The van der Waals surface area contributed by atoms with Gasteiger partial charge in [-0.2, -0.15) is 13.2 Å². The van der Waals surface area contributed by atoms with E-state index >= 15 is 0 Å². The second-order valence-electron chi connectivity index (χ2n) is 4.82. The van der Waals surface area contributed by atoms with Crippen LogP contribution in [-0.2, 0) is 6.18 Å². The smallest absolute Gasteiger partial charge is 0.334 e.